The Hall–Kier alpha value is -1.83. The van der Waals surface area contributed by atoms with Crippen LogP contribution in [0.2, 0.25) is 5.02 Å². The predicted molar refractivity (Wildman–Crippen MR) is 102 cm³/mol. The molecule has 0 saturated heterocycles. The third kappa shape index (κ3) is 3.89. The minimum Gasteiger partial charge on any atom is -0.325 e. The molecule has 0 aliphatic heterocycles. The number of thiophene rings is 1. The maximum Gasteiger partial charge on any atom is 0.234 e. The number of hydrogen-bond donors (Lipinski definition) is 1. The molecule has 1 fully saturated rings. The first-order chi connectivity index (χ1) is 12.2. The first kappa shape index (κ1) is 16.6. The largest absolute Gasteiger partial charge is 0.325 e. The first-order valence-electron chi connectivity index (χ1n) is 7.88. The summed E-state index contributed by atoms with van der Waals surface area (Å²) in [5, 5.41) is 15.0. The van der Waals surface area contributed by atoms with Crippen LogP contribution in [0, 0.1) is 0 Å². The highest BCUT2D eigenvalue weighted by molar-refractivity contribution is 7.99. The molecule has 5 nitrogen and oxygen atoms in total. The highest BCUT2D eigenvalue weighted by Gasteiger charge is 2.30. The quantitative estimate of drug-likeness (QED) is 0.618. The van der Waals surface area contributed by atoms with Crippen molar-refractivity contribution in [2.24, 2.45) is 0 Å². The summed E-state index contributed by atoms with van der Waals surface area (Å²) in [6.07, 6.45) is 2.28. The van der Waals surface area contributed by atoms with Gasteiger partial charge in [0, 0.05) is 16.8 Å². The molecule has 2 aromatic heterocycles. The number of nitrogens with one attached hydrogen (secondary N) is 1. The number of halogens is 1. The first-order valence-corrected chi connectivity index (χ1v) is 10.1. The van der Waals surface area contributed by atoms with Gasteiger partial charge in [-0.2, -0.15) is 0 Å². The van der Waals surface area contributed by atoms with E-state index in [1.54, 1.807) is 35.6 Å². The summed E-state index contributed by atoms with van der Waals surface area (Å²) in [5.74, 6) is 1.12. The molecule has 0 atom stereocenters. The molecule has 3 aromatic rings. The van der Waals surface area contributed by atoms with Gasteiger partial charge in [0.05, 0.1) is 10.6 Å². The topological polar surface area (TPSA) is 59.8 Å². The van der Waals surface area contributed by atoms with Crippen LogP contribution in [0.5, 0.6) is 0 Å². The smallest absolute Gasteiger partial charge is 0.234 e. The molecule has 128 valence electrons. The van der Waals surface area contributed by atoms with Crippen LogP contribution in [-0.2, 0) is 4.79 Å². The molecule has 1 saturated carbocycles. The van der Waals surface area contributed by atoms with Gasteiger partial charge in [0.15, 0.2) is 11.0 Å². The van der Waals surface area contributed by atoms with E-state index in [-0.39, 0.29) is 11.7 Å². The number of benzene rings is 1. The molecule has 0 bridgehead atoms. The fourth-order valence-corrected chi connectivity index (χ4v) is 4.11. The minimum absolute atomic E-state index is 0.0738. The van der Waals surface area contributed by atoms with Crippen LogP contribution < -0.4 is 5.32 Å². The van der Waals surface area contributed by atoms with E-state index >= 15 is 0 Å². The van der Waals surface area contributed by atoms with Crippen LogP contribution in [0.4, 0.5) is 5.69 Å². The molecule has 0 unspecified atom stereocenters. The standard InChI is InChI=1S/C17H15ClN4OS2/c18-11-3-5-12(6-4-11)19-15(23)10-25-17-21-20-16(14-2-1-9-24-14)22(17)13-7-8-13/h1-6,9,13H,7-8,10H2,(H,19,23). The molecule has 25 heavy (non-hydrogen) atoms. The summed E-state index contributed by atoms with van der Waals surface area (Å²) in [6.45, 7) is 0. The van der Waals surface area contributed by atoms with Crippen LogP contribution in [0.25, 0.3) is 10.7 Å². The average molecular weight is 391 g/mol. The van der Waals surface area contributed by atoms with Crippen molar-refractivity contribution >= 4 is 46.3 Å². The Balaban J connectivity index is 1.44. The molecule has 0 spiro atoms. The lowest BCUT2D eigenvalue weighted by molar-refractivity contribution is -0.113. The number of thioether (sulfide) groups is 1. The zero-order valence-electron chi connectivity index (χ0n) is 13.2. The molecule has 1 aliphatic carbocycles. The Morgan fingerprint density at radius 2 is 2.08 bits per heavy atom. The Labute approximate surface area is 158 Å². The molecular formula is C17H15ClN4OS2. The fourth-order valence-electron chi connectivity index (χ4n) is 2.47. The second-order valence-electron chi connectivity index (χ2n) is 5.73. The van der Waals surface area contributed by atoms with E-state index in [0.717, 1.165) is 34.4 Å². The van der Waals surface area contributed by atoms with Gasteiger partial charge in [0.1, 0.15) is 0 Å². The van der Waals surface area contributed by atoms with Gasteiger partial charge in [-0.1, -0.05) is 29.4 Å². The van der Waals surface area contributed by atoms with Crippen molar-refractivity contribution in [3.63, 3.8) is 0 Å². The van der Waals surface area contributed by atoms with Crippen LogP contribution in [0.15, 0.2) is 46.9 Å². The van der Waals surface area contributed by atoms with Crippen molar-refractivity contribution in [3.05, 3.63) is 46.8 Å². The van der Waals surface area contributed by atoms with Gasteiger partial charge < -0.3 is 5.32 Å². The maximum absolute atomic E-state index is 12.2. The van der Waals surface area contributed by atoms with Crippen molar-refractivity contribution in [2.45, 2.75) is 24.0 Å². The summed E-state index contributed by atoms with van der Waals surface area (Å²) in [6, 6.07) is 11.6. The van der Waals surface area contributed by atoms with E-state index in [1.807, 2.05) is 11.4 Å². The van der Waals surface area contributed by atoms with Crippen molar-refractivity contribution in [1.29, 1.82) is 0 Å². The predicted octanol–water partition coefficient (Wildman–Crippen LogP) is 4.73. The van der Waals surface area contributed by atoms with Gasteiger partial charge in [-0.3, -0.25) is 9.36 Å². The number of anilines is 1. The third-order valence-corrected chi connectivity index (χ3v) is 5.84. The zero-order chi connectivity index (χ0) is 17.2. The fraction of sp³-hybridized carbons (Fsp3) is 0.235. The minimum atomic E-state index is -0.0738. The van der Waals surface area contributed by atoms with E-state index in [4.69, 9.17) is 11.6 Å². The number of rotatable bonds is 6. The number of aromatic nitrogens is 3. The molecular weight excluding hydrogens is 376 g/mol. The highest BCUT2D eigenvalue weighted by atomic mass is 35.5. The molecule has 2 heterocycles. The lowest BCUT2D eigenvalue weighted by atomic mass is 10.3. The second kappa shape index (κ2) is 7.19. The normalized spacial score (nSPS) is 13.8. The Morgan fingerprint density at radius 3 is 2.76 bits per heavy atom. The number of carbonyl (C=O) groups is 1. The van der Waals surface area contributed by atoms with Crippen molar-refractivity contribution in [2.75, 3.05) is 11.1 Å². The highest BCUT2D eigenvalue weighted by Crippen LogP contribution is 2.41. The average Bonchev–Trinajstić information content (AvgIpc) is 3.13. The van der Waals surface area contributed by atoms with Gasteiger partial charge in [0.25, 0.3) is 0 Å². The van der Waals surface area contributed by atoms with E-state index < -0.39 is 0 Å². The van der Waals surface area contributed by atoms with E-state index in [2.05, 4.69) is 26.1 Å². The van der Waals surface area contributed by atoms with Gasteiger partial charge in [-0.15, -0.1) is 21.5 Å². The van der Waals surface area contributed by atoms with Gasteiger partial charge in [0.2, 0.25) is 5.91 Å². The van der Waals surface area contributed by atoms with Crippen molar-refractivity contribution < 1.29 is 4.79 Å². The zero-order valence-corrected chi connectivity index (χ0v) is 15.6. The van der Waals surface area contributed by atoms with E-state index in [0.29, 0.717) is 11.1 Å². The number of carbonyl (C=O) groups excluding carboxylic acids is 1. The molecule has 0 radical (unpaired) electrons. The lowest BCUT2D eigenvalue weighted by Gasteiger charge is -2.08. The van der Waals surface area contributed by atoms with Gasteiger partial charge >= 0.3 is 0 Å². The second-order valence-corrected chi connectivity index (χ2v) is 8.06. The SMILES string of the molecule is O=C(CSc1nnc(-c2cccs2)n1C1CC1)Nc1ccc(Cl)cc1. The van der Waals surface area contributed by atoms with Crippen molar-refractivity contribution in [1.82, 2.24) is 14.8 Å². The summed E-state index contributed by atoms with van der Waals surface area (Å²) < 4.78 is 2.17. The number of hydrogen-bond acceptors (Lipinski definition) is 5. The number of amides is 1. The summed E-state index contributed by atoms with van der Waals surface area (Å²) in [5.41, 5.74) is 0.734. The maximum atomic E-state index is 12.2. The number of nitrogens with zero attached hydrogens (tertiary/aromatic N) is 3. The molecule has 1 aliphatic rings. The summed E-state index contributed by atoms with van der Waals surface area (Å²) in [4.78, 5) is 13.3. The van der Waals surface area contributed by atoms with Crippen LogP contribution in [-0.4, -0.2) is 26.4 Å². The van der Waals surface area contributed by atoms with E-state index in [9.17, 15) is 4.79 Å². The summed E-state index contributed by atoms with van der Waals surface area (Å²) >= 11 is 8.93. The Morgan fingerprint density at radius 1 is 1.28 bits per heavy atom. The molecule has 8 heteroatoms. The van der Waals surface area contributed by atoms with Gasteiger partial charge in [-0.05, 0) is 48.6 Å². The van der Waals surface area contributed by atoms with Gasteiger partial charge in [-0.25, -0.2) is 0 Å². The molecule has 1 N–H and O–H groups in total. The molecule has 1 aromatic carbocycles. The molecule has 4 rings (SSSR count). The molecule has 1 amide bonds. The Kier molecular flexibility index (Phi) is 4.78. The van der Waals surface area contributed by atoms with Crippen LogP contribution in [0.1, 0.15) is 18.9 Å². The lowest BCUT2D eigenvalue weighted by Crippen LogP contribution is -2.14. The third-order valence-electron chi connectivity index (χ3n) is 3.78. The monoisotopic (exact) mass is 390 g/mol. The Bertz CT molecular complexity index is 873. The summed E-state index contributed by atoms with van der Waals surface area (Å²) in [7, 11) is 0. The van der Waals surface area contributed by atoms with Crippen molar-refractivity contribution in [3.8, 4) is 10.7 Å². The van der Waals surface area contributed by atoms with Crippen LogP contribution in [0.3, 0.4) is 0 Å². The van der Waals surface area contributed by atoms with E-state index in [1.165, 1.54) is 11.8 Å². The van der Waals surface area contributed by atoms with Crippen LogP contribution >= 0.6 is 34.7 Å².